The van der Waals surface area contributed by atoms with Crippen molar-refractivity contribution >= 4 is 16.9 Å². The van der Waals surface area contributed by atoms with E-state index in [2.05, 4.69) is 14.9 Å². The molecule has 1 aliphatic rings. The molecule has 1 amide bonds. The molecule has 0 aliphatic carbocycles. The van der Waals surface area contributed by atoms with Crippen molar-refractivity contribution in [2.75, 3.05) is 33.2 Å². The molecular weight excluding hydrogens is 259 g/mol. The third-order valence-corrected chi connectivity index (χ3v) is 3.81. The second-order valence-corrected chi connectivity index (χ2v) is 5.18. The molecule has 3 rings (SSSR count). The van der Waals surface area contributed by atoms with Crippen LogP contribution in [0.2, 0.25) is 0 Å². The lowest BCUT2D eigenvalue weighted by molar-refractivity contribution is -0.132. The molecule has 0 atom stereocenters. The largest absolute Gasteiger partial charge is 0.340 e. The molecule has 2 aromatic rings. The van der Waals surface area contributed by atoms with Crippen molar-refractivity contribution in [3.8, 4) is 0 Å². The number of hydrogen-bond acceptors (Lipinski definition) is 3. The van der Waals surface area contributed by atoms with E-state index in [9.17, 15) is 9.18 Å². The van der Waals surface area contributed by atoms with Gasteiger partial charge in [-0.3, -0.25) is 4.79 Å². The van der Waals surface area contributed by atoms with Gasteiger partial charge in [-0.05, 0) is 19.2 Å². The van der Waals surface area contributed by atoms with Crippen molar-refractivity contribution in [2.24, 2.45) is 0 Å². The molecule has 3 heterocycles. The molecule has 20 heavy (non-hydrogen) atoms. The van der Waals surface area contributed by atoms with Gasteiger partial charge in [0.25, 0.3) is 0 Å². The molecule has 1 fully saturated rings. The SMILES string of the molecule is CN1CCN(C(=O)Cc2c(F)[nH]c3ncccc23)CC1. The average Bonchev–Trinajstić information content (AvgIpc) is 2.76. The van der Waals surface area contributed by atoms with Crippen LogP contribution in [0.5, 0.6) is 0 Å². The summed E-state index contributed by atoms with van der Waals surface area (Å²) in [5.41, 5.74) is 0.906. The first kappa shape index (κ1) is 13.1. The van der Waals surface area contributed by atoms with Crippen LogP contribution in [0.15, 0.2) is 18.3 Å². The van der Waals surface area contributed by atoms with Crippen molar-refractivity contribution in [2.45, 2.75) is 6.42 Å². The van der Waals surface area contributed by atoms with Gasteiger partial charge in [-0.25, -0.2) is 4.98 Å². The van der Waals surface area contributed by atoms with Crippen molar-refractivity contribution in [1.82, 2.24) is 19.8 Å². The zero-order chi connectivity index (χ0) is 14.1. The minimum Gasteiger partial charge on any atom is -0.340 e. The first-order chi connectivity index (χ1) is 9.65. The minimum absolute atomic E-state index is 0.0262. The van der Waals surface area contributed by atoms with Crippen LogP contribution in [0, 0.1) is 5.95 Å². The molecule has 1 saturated heterocycles. The smallest absolute Gasteiger partial charge is 0.227 e. The third-order valence-electron chi connectivity index (χ3n) is 3.81. The van der Waals surface area contributed by atoms with Gasteiger partial charge in [0.15, 0.2) is 5.95 Å². The maximum atomic E-state index is 13.9. The molecular formula is C14H17FN4O. The van der Waals surface area contributed by atoms with Gasteiger partial charge in [-0.15, -0.1) is 0 Å². The minimum atomic E-state index is -0.457. The van der Waals surface area contributed by atoms with Crippen LogP contribution in [0.25, 0.3) is 11.0 Å². The summed E-state index contributed by atoms with van der Waals surface area (Å²) in [6, 6.07) is 3.54. The molecule has 6 heteroatoms. The first-order valence-corrected chi connectivity index (χ1v) is 6.72. The maximum absolute atomic E-state index is 13.9. The van der Waals surface area contributed by atoms with E-state index >= 15 is 0 Å². The molecule has 1 aliphatic heterocycles. The molecule has 0 radical (unpaired) electrons. The molecule has 2 aromatic heterocycles. The lowest BCUT2D eigenvalue weighted by atomic mass is 10.1. The first-order valence-electron chi connectivity index (χ1n) is 6.72. The maximum Gasteiger partial charge on any atom is 0.227 e. The lowest BCUT2D eigenvalue weighted by Gasteiger charge is -2.32. The van der Waals surface area contributed by atoms with Gasteiger partial charge < -0.3 is 14.8 Å². The van der Waals surface area contributed by atoms with Gasteiger partial charge in [0.1, 0.15) is 5.65 Å². The Morgan fingerprint density at radius 3 is 2.90 bits per heavy atom. The molecule has 1 N–H and O–H groups in total. The highest BCUT2D eigenvalue weighted by atomic mass is 19.1. The monoisotopic (exact) mass is 276 g/mol. The molecule has 106 valence electrons. The summed E-state index contributed by atoms with van der Waals surface area (Å²) in [5.74, 6) is -0.483. The highest BCUT2D eigenvalue weighted by Gasteiger charge is 2.22. The van der Waals surface area contributed by atoms with Crippen LogP contribution in [0.3, 0.4) is 0 Å². The third kappa shape index (κ3) is 2.38. The van der Waals surface area contributed by atoms with Crippen LogP contribution in [-0.2, 0) is 11.2 Å². The number of carbonyl (C=O) groups excluding carboxylic acids is 1. The fraction of sp³-hybridized carbons (Fsp3) is 0.429. The Balaban J connectivity index is 1.79. The number of aromatic amines is 1. The van der Waals surface area contributed by atoms with Gasteiger partial charge in [-0.1, -0.05) is 0 Å². The second-order valence-electron chi connectivity index (χ2n) is 5.18. The number of H-pyrrole nitrogens is 1. The molecule has 0 saturated carbocycles. The Morgan fingerprint density at radius 1 is 1.40 bits per heavy atom. The number of nitrogens with zero attached hydrogens (tertiary/aromatic N) is 3. The van der Waals surface area contributed by atoms with E-state index in [0.717, 1.165) is 13.1 Å². The Kier molecular flexibility index (Phi) is 3.40. The van der Waals surface area contributed by atoms with Crippen LogP contribution in [0.4, 0.5) is 4.39 Å². The number of carbonyl (C=O) groups is 1. The number of pyridine rings is 1. The Hall–Kier alpha value is -1.95. The molecule has 0 unspecified atom stereocenters. The number of piperazine rings is 1. The van der Waals surface area contributed by atoms with Gasteiger partial charge in [-0.2, -0.15) is 4.39 Å². The Bertz CT molecular complexity index is 631. The number of hydrogen-bond donors (Lipinski definition) is 1. The lowest BCUT2D eigenvalue weighted by Crippen LogP contribution is -2.47. The predicted molar refractivity (Wildman–Crippen MR) is 73.8 cm³/mol. The van der Waals surface area contributed by atoms with E-state index in [1.165, 1.54) is 0 Å². The summed E-state index contributed by atoms with van der Waals surface area (Å²) in [4.78, 5) is 22.9. The van der Waals surface area contributed by atoms with E-state index in [1.54, 1.807) is 23.2 Å². The molecule has 0 bridgehead atoms. The van der Waals surface area contributed by atoms with Crippen LogP contribution < -0.4 is 0 Å². The van der Waals surface area contributed by atoms with E-state index in [4.69, 9.17) is 0 Å². The number of nitrogens with one attached hydrogen (secondary N) is 1. The summed E-state index contributed by atoms with van der Waals surface area (Å²) in [5, 5.41) is 0.687. The van der Waals surface area contributed by atoms with Gasteiger partial charge >= 0.3 is 0 Å². The Morgan fingerprint density at radius 2 is 2.15 bits per heavy atom. The van der Waals surface area contributed by atoms with Crippen LogP contribution in [-0.4, -0.2) is 58.9 Å². The topological polar surface area (TPSA) is 52.2 Å². The van der Waals surface area contributed by atoms with E-state index in [1.807, 2.05) is 7.05 Å². The highest BCUT2D eigenvalue weighted by molar-refractivity contribution is 5.87. The summed E-state index contributed by atoms with van der Waals surface area (Å²) in [6.45, 7) is 3.14. The summed E-state index contributed by atoms with van der Waals surface area (Å²) >= 11 is 0. The predicted octanol–water partition coefficient (Wildman–Crippen LogP) is 1.02. The molecule has 5 nitrogen and oxygen atoms in total. The number of likely N-dealkylation sites (N-methyl/N-ethyl adjacent to an activating group) is 1. The zero-order valence-corrected chi connectivity index (χ0v) is 11.4. The van der Waals surface area contributed by atoms with Crippen LogP contribution in [0.1, 0.15) is 5.56 Å². The number of amides is 1. The summed E-state index contributed by atoms with van der Waals surface area (Å²) in [6.07, 6.45) is 1.69. The van der Waals surface area contributed by atoms with Gasteiger partial charge in [0, 0.05) is 43.3 Å². The van der Waals surface area contributed by atoms with Crippen molar-refractivity contribution < 1.29 is 9.18 Å². The number of fused-ring (bicyclic) bond motifs is 1. The van der Waals surface area contributed by atoms with Crippen molar-refractivity contribution in [1.29, 1.82) is 0 Å². The quantitative estimate of drug-likeness (QED) is 0.891. The fourth-order valence-electron chi connectivity index (χ4n) is 2.54. The fourth-order valence-corrected chi connectivity index (χ4v) is 2.54. The summed E-state index contributed by atoms with van der Waals surface area (Å²) < 4.78 is 13.9. The van der Waals surface area contributed by atoms with E-state index in [-0.39, 0.29) is 12.3 Å². The normalized spacial score (nSPS) is 16.8. The highest BCUT2D eigenvalue weighted by Crippen LogP contribution is 2.20. The van der Waals surface area contributed by atoms with E-state index < -0.39 is 5.95 Å². The van der Waals surface area contributed by atoms with Gasteiger partial charge in [0.05, 0.1) is 6.42 Å². The number of aromatic nitrogens is 2. The number of rotatable bonds is 2. The van der Waals surface area contributed by atoms with Crippen molar-refractivity contribution in [3.63, 3.8) is 0 Å². The Labute approximate surface area is 116 Å². The zero-order valence-electron chi connectivity index (χ0n) is 11.4. The van der Waals surface area contributed by atoms with E-state index in [0.29, 0.717) is 29.7 Å². The molecule has 0 spiro atoms. The standard InChI is InChI=1S/C14H17FN4O/c1-18-5-7-19(8-6-18)12(20)9-11-10-3-2-4-16-14(10)17-13(11)15/h2-4H,5-9H2,1H3,(H,16,17). The summed E-state index contributed by atoms with van der Waals surface area (Å²) in [7, 11) is 2.03. The van der Waals surface area contributed by atoms with Gasteiger partial charge in [0.2, 0.25) is 5.91 Å². The van der Waals surface area contributed by atoms with Crippen LogP contribution >= 0.6 is 0 Å². The second kappa shape index (κ2) is 5.20. The van der Waals surface area contributed by atoms with Crippen molar-refractivity contribution in [3.05, 3.63) is 29.8 Å². The number of halogens is 1. The molecule has 0 aromatic carbocycles. The average molecular weight is 276 g/mol.